The van der Waals surface area contributed by atoms with E-state index in [2.05, 4.69) is 35.9 Å². The van der Waals surface area contributed by atoms with E-state index in [1.165, 1.54) is 5.56 Å². The lowest BCUT2D eigenvalue weighted by molar-refractivity contribution is -0.116. The number of aryl methyl sites for hydroxylation is 1. The third-order valence-corrected chi connectivity index (χ3v) is 5.25. The van der Waals surface area contributed by atoms with Crippen LogP contribution < -0.4 is 10.1 Å². The normalized spacial score (nSPS) is 16.4. The number of ether oxygens (including phenoxy) is 2. The van der Waals surface area contributed by atoms with E-state index in [4.69, 9.17) is 9.47 Å². The lowest BCUT2D eigenvalue weighted by atomic mass is 10.1. The van der Waals surface area contributed by atoms with Crippen molar-refractivity contribution in [3.8, 4) is 5.75 Å². The van der Waals surface area contributed by atoms with Crippen LogP contribution in [0.4, 0.5) is 5.69 Å². The van der Waals surface area contributed by atoms with Crippen LogP contribution in [0.5, 0.6) is 5.75 Å². The number of aromatic nitrogens is 2. The van der Waals surface area contributed by atoms with Gasteiger partial charge in [0.15, 0.2) is 0 Å². The van der Waals surface area contributed by atoms with E-state index in [9.17, 15) is 4.79 Å². The van der Waals surface area contributed by atoms with Gasteiger partial charge in [0.25, 0.3) is 0 Å². The molecular formula is C23H33N3O3. The van der Waals surface area contributed by atoms with Crippen molar-refractivity contribution < 1.29 is 14.3 Å². The molecule has 158 valence electrons. The van der Waals surface area contributed by atoms with E-state index in [1.54, 1.807) is 0 Å². The molecule has 0 spiro atoms. The number of anilines is 1. The molecule has 6 nitrogen and oxygen atoms in total. The monoisotopic (exact) mass is 399 g/mol. The van der Waals surface area contributed by atoms with E-state index < -0.39 is 0 Å². The summed E-state index contributed by atoms with van der Waals surface area (Å²) in [4.78, 5) is 12.5. The van der Waals surface area contributed by atoms with Crippen LogP contribution in [0.3, 0.4) is 0 Å². The summed E-state index contributed by atoms with van der Waals surface area (Å²) in [5, 5.41) is 7.62. The van der Waals surface area contributed by atoms with Crippen molar-refractivity contribution in [2.75, 3.05) is 18.5 Å². The highest BCUT2D eigenvalue weighted by Crippen LogP contribution is 2.21. The van der Waals surface area contributed by atoms with Gasteiger partial charge in [-0.15, -0.1) is 0 Å². The predicted octanol–water partition coefficient (Wildman–Crippen LogP) is 4.29. The molecule has 1 amide bonds. The molecule has 1 aliphatic rings. The Kier molecular flexibility index (Phi) is 7.31. The minimum Gasteiger partial charge on any atom is -0.491 e. The Labute approximate surface area is 173 Å². The third kappa shape index (κ3) is 6.07. The van der Waals surface area contributed by atoms with E-state index in [1.807, 2.05) is 31.2 Å². The largest absolute Gasteiger partial charge is 0.491 e. The summed E-state index contributed by atoms with van der Waals surface area (Å²) >= 11 is 0. The van der Waals surface area contributed by atoms with Crippen molar-refractivity contribution >= 4 is 11.6 Å². The minimum absolute atomic E-state index is 0.00307. The topological polar surface area (TPSA) is 65.4 Å². The molecule has 3 rings (SSSR count). The molecule has 2 aromatic rings. The Balaban J connectivity index is 1.52. The maximum Gasteiger partial charge on any atom is 0.224 e. The van der Waals surface area contributed by atoms with Gasteiger partial charge >= 0.3 is 0 Å². The SMILES string of the molecule is Cc1nn(CC(C)C)c(C)c1CCC(=O)Nc1cccc(OCC2CCCO2)c1. The fraction of sp³-hybridized carbons (Fsp3) is 0.565. The summed E-state index contributed by atoms with van der Waals surface area (Å²) in [5.41, 5.74) is 4.10. The Morgan fingerprint density at radius 3 is 2.93 bits per heavy atom. The lowest BCUT2D eigenvalue weighted by Crippen LogP contribution is -2.16. The summed E-state index contributed by atoms with van der Waals surface area (Å²) < 4.78 is 13.5. The second kappa shape index (κ2) is 9.92. The Morgan fingerprint density at radius 2 is 2.21 bits per heavy atom. The molecule has 0 bridgehead atoms. The number of hydrogen-bond acceptors (Lipinski definition) is 4. The average molecular weight is 400 g/mol. The number of nitrogens with zero attached hydrogens (tertiary/aromatic N) is 2. The van der Waals surface area contributed by atoms with Crippen LogP contribution in [0.25, 0.3) is 0 Å². The van der Waals surface area contributed by atoms with Crippen LogP contribution >= 0.6 is 0 Å². The minimum atomic E-state index is -0.00307. The van der Waals surface area contributed by atoms with Gasteiger partial charge in [0.1, 0.15) is 12.4 Å². The molecule has 1 aliphatic heterocycles. The zero-order valence-electron chi connectivity index (χ0n) is 18.0. The molecule has 1 N–H and O–H groups in total. The highest BCUT2D eigenvalue weighted by molar-refractivity contribution is 5.91. The molecule has 1 unspecified atom stereocenters. The predicted molar refractivity (Wildman–Crippen MR) is 114 cm³/mol. The first-order valence-electron chi connectivity index (χ1n) is 10.6. The van der Waals surface area contributed by atoms with Crippen LogP contribution in [0.2, 0.25) is 0 Å². The first-order chi connectivity index (χ1) is 13.9. The molecule has 2 heterocycles. The van der Waals surface area contributed by atoms with Gasteiger partial charge < -0.3 is 14.8 Å². The van der Waals surface area contributed by atoms with Crippen LogP contribution in [0, 0.1) is 19.8 Å². The molecule has 6 heteroatoms. The zero-order valence-corrected chi connectivity index (χ0v) is 18.0. The van der Waals surface area contributed by atoms with Gasteiger partial charge in [0.05, 0.1) is 11.8 Å². The number of carbonyl (C=O) groups is 1. The standard InChI is InChI=1S/C23H33N3O3/c1-16(2)14-26-18(4)22(17(3)25-26)10-11-23(27)24-19-7-5-8-20(13-19)29-15-21-9-6-12-28-21/h5,7-8,13,16,21H,6,9-12,14-15H2,1-4H3,(H,24,27). The second-order valence-electron chi connectivity index (χ2n) is 8.25. The smallest absolute Gasteiger partial charge is 0.224 e. The first kappa shape index (κ1) is 21.4. The Bertz CT molecular complexity index is 823. The van der Waals surface area contributed by atoms with Crippen molar-refractivity contribution in [1.82, 2.24) is 9.78 Å². The van der Waals surface area contributed by atoms with Crippen LogP contribution in [0.15, 0.2) is 24.3 Å². The van der Waals surface area contributed by atoms with Gasteiger partial charge in [0, 0.05) is 37.0 Å². The third-order valence-electron chi connectivity index (χ3n) is 5.25. The number of carbonyl (C=O) groups excluding carboxylic acids is 1. The van der Waals surface area contributed by atoms with Gasteiger partial charge in [-0.3, -0.25) is 9.48 Å². The molecule has 0 saturated carbocycles. The van der Waals surface area contributed by atoms with Gasteiger partial charge in [-0.1, -0.05) is 19.9 Å². The van der Waals surface area contributed by atoms with Crippen molar-refractivity contribution in [2.45, 2.75) is 66.0 Å². The van der Waals surface area contributed by atoms with Crippen molar-refractivity contribution in [3.63, 3.8) is 0 Å². The van der Waals surface area contributed by atoms with E-state index in [-0.39, 0.29) is 12.0 Å². The van der Waals surface area contributed by atoms with E-state index >= 15 is 0 Å². The van der Waals surface area contributed by atoms with Gasteiger partial charge in [-0.2, -0.15) is 5.10 Å². The summed E-state index contributed by atoms with van der Waals surface area (Å²) in [5.74, 6) is 1.29. The van der Waals surface area contributed by atoms with Crippen molar-refractivity contribution in [2.24, 2.45) is 5.92 Å². The highest BCUT2D eigenvalue weighted by atomic mass is 16.5. The zero-order chi connectivity index (χ0) is 20.8. The molecule has 0 radical (unpaired) electrons. The maximum atomic E-state index is 12.5. The molecule has 1 atom stereocenters. The fourth-order valence-corrected chi connectivity index (χ4v) is 3.71. The van der Waals surface area contributed by atoms with Gasteiger partial charge in [0.2, 0.25) is 5.91 Å². The molecule has 1 saturated heterocycles. The number of nitrogens with one attached hydrogen (secondary N) is 1. The van der Waals surface area contributed by atoms with Crippen LogP contribution in [0.1, 0.15) is 50.1 Å². The first-order valence-corrected chi connectivity index (χ1v) is 10.6. The summed E-state index contributed by atoms with van der Waals surface area (Å²) in [6.07, 6.45) is 3.44. The molecular weight excluding hydrogens is 366 g/mol. The summed E-state index contributed by atoms with van der Waals surface area (Å²) in [6, 6.07) is 7.54. The number of rotatable bonds is 9. The second-order valence-corrected chi connectivity index (χ2v) is 8.25. The lowest BCUT2D eigenvalue weighted by Gasteiger charge is -2.12. The van der Waals surface area contributed by atoms with Crippen molar-refractivity contribution in [3.05, 3.63) is 41.2 Å². The fourth-order valence-electron chi connectivity index (χ4n) is 3.71. The number of benzene rings is 1. The Hall–Kier alpha value is -2.34. The molecule has 0 aliphatic carbocycles. The van der Waals surface area contributed by atoms with Crippen molar-refractivity contribution in [1.29, 1.82) is 0 Å². The molecule has 1 aromatic carbocycles. The van der Waals surface area contributed by atoms with E-state index in [0.717, 1.165) is 48.8 Å². The maximum absolute atomic E-state index is 12.5. The van der Waals surface area contributed by atoms with Gasteiger partial charge in [-0.05, 0) is 56.7 Å². The quantitative estimate of drug-likeness (QED) is 0.683. The number of amides is 1. The molecule has 1 aromatic heterocycles. The number of hydrogen-bond donors (Lipinski definition) is 1. The molecule has 1 fully saturated rings. The Morgan fingerprint density at radius 1 is 1.38 bits per heavy atom. The summed E-state index contributed by atoms with van der Waals surface area (Å²) in [7, 11) is 0. The van der Waals surface area contributed by atoms with E-state index in [0.29, 0.717) is 25.4 Å². The average Bonchev–Trinajstić information content (AvgIpc) is 3.27. The van der Waals surface area contributed by atoms with Gasteiger partial charge in [-0.25, -0.2) is 0 Å². The highest BCUT2D eigenvalue weighted by Gasteiger charge is 2.16. The summed E-state index contributed by atoms with van der Waals surface area (Å²) in [6.45, 7) is 10.7. The van der Waals surface area contributed by atoms with Crippen LogP contribution in [-0.4, -0.2) is 35.0 Å². The molecule has 29 heavy (non-hydrogen) atoms. The van der Waals surface area contributed by atoms with Crippen LogP contribution in [-0.2, 0) is 22.5 Å².